The van der Waals surface area contributed by atoms with Gasteiger partial charge in [-0.2, -0.15) is 5.10 Å². The molecule has 2 aromatic heterocycles. The molecule has 0 spiro atoms. The van der Waals surface area contributed by atoms with Crippen molar-refractivity contribution in [2.24, 2.45) is 0 Å². The summed E-state index contributed by atoms with van der Waals surface area (Å²) in [6, 6.07) is 0. The van der Waals surface area contributed by atoms with Crippen LogP contribution in [0.2, 0.25) is 5.15 Å². The van der Waals surface area contributed by atoms with Crippen LogP contribution in [0, 0.1) is 0 Å². The second kappa shape index (κ2) is 3.86. The van der Waals surface area contributed by atoms with Gasteiger partial charge in [-0.05, 0) is 0 Å². The SMILES string of the molecule is CN(C)c1cn(-c2cncnc2)nc1Cl. The molecule has 2 rings (SSSR count). The number of halogens is 1. The molecule has 6 heteroatoms. The molecule has 0 N–H and O–H groups in total. The van der Waals surface area contributed by atoms with E-state index in [9.17, 15) is 0 Å². The van der Waals surface area contributed by atoms with Crippen molar-refractivity contribution in [2.75, 3.05) is 19.0 Å². The van der Waals surface area contributed by atoms with Crippen molar-refractivity contribution in [3.63, 3.8) is 0 Å². The molecule has 0 unspecified atom stereocenters. The molecule has 5 nitrogen and oxygen atoms in total. The number of nitrogens with zero attached hydrogens (tertiary/aromatic N) is 5. The Balaban J connectivity index is 2.43. The monoisotopic (exact) mass is 223 g/mol. The zero-order valence-corrected chi connectivity index (χ0v) is 9.18. The zero-order chi connectivity index (χ0) is 10.8. The molecule has 0 saturated heterocycles. The molecule has 0 saturated carbocycles. The Morgan fingerprint density at radius 3 is 2.47 bits per heavy atom. The third-order valence-electron chi connectivity index (χ3n) is 1.94. The van der Waals surface area contributed by atoms with E-state index in [0.717, 1.165) is 11.4 Å². The molecular formula is C9H10ClN5. The third kappa shape index (κ3) is 1.92. The lowest BCUT2D eigenvalue weighted by Crippen LogP contribution is -2.07. The quantitative estimate of drug-likeness (QED) is 0.772. The smallest absolute Gasteiger partial charge is 0.174 e. The minimum absolute atomic E-state index is 0.462. The molecule has 15 heavy (non-hydrogen) atoms. The van der Waals surface area contributed by atoms with E-state index in [-0.39, 0.29) is 0 Å². The van der Waals surface area contributed by atoms with Crippen LogP contribution in [0.15, 0.2) is 24.9 Å². The summed E-state index contributed by atoms with van der Waals surface area (Å²) in [6.07, 6.45) is 6.66. The number of rotatable bonds is 2. The first kappa shape index (κ1) is 9.92. The van der Waals surface area contributed by atoms with Crippen molar-refractivity contribution in [1.82, 2.24) is 19.7 Å². The lowest BCUT2D eigenvalue weighted by molar-refractivity contribution is 0.864. The number of hydrogen-bond acceptors (Lipinski definition) is 4. The molecule has 0 radical (unpaired) electrons. The Bertz CT molecular complexity index is 451. The summed E-state index contributed by atoms with van der Waals surface area (Å²) < 4.78 is 1.65. The normalized spacial score (nSPS) is 10.3. The van der Waals surface area contributed by atoms with Crippen molar-refractivity contribution >= 4 is 17.3 Å². The Kier molecular flexibility index (Phi) is 2.55. The fourth-order valence-corrected chi connectivity index (χ4v) is 1.48. The van der Waals surface area contributed by atoms with Gasteiger partial charge in [0.2, 0.25) is 0 Å². The topological polar surface area (TPSA) is 46.8 Å². The van der Waals surface area contributed by atoms with E-state index in [2.05, 4.69) is 15.1 Å². The van der Waals surface area contributed by atoms with Gasteiger partial charge in [0, 0.05) is 14.1 Å². The summed E-state index contributed by atoms with van der Waals surface area (Å²) in [5.74, 6) is 0. The van der Waals surface area contributed by atoms with Gasteiger partial charge in [-0.3, -0.25) is 0 Å². The van der Waals surface area contributed by atoms with Crippen LogP contribution < -0.4 is 4.90 Å². The van der Waals surface area contributed by atoms with Gasteiger partial charge in [0.1, 0.15) is 12.0 Å². The first-order chi connectivity index (χ1) is 7.18. The van der Waals surface area contributed by atoms with Gasteiger partial charge in [0.15, 0.2) is 5.15 Å². The molecule has 0 bridgehead atoms. The number of anilines is 1. The summed E-state index contributed by atoms with van der Waals surface area (Å²) in [4.78, 5) is 9.73. The van der Waals surface area contributed by atoms with Crippen LogP contribution in [0.5, 0.6) is 0 Å². The van der Waals surface area contributed by atoms with E-state index >= 15 is 0 Å². The molecule has 78 valence electrons. The van der Waals surface area contributed by atoms with Gasteiger partial charge in [-0.1, -0.05) is 11.6 Å². The van der Waals surface area contributed by atoms with Crippen LogP contribution in [0.3, 0.4) is 0 Å². The lowest BCUT2D eigenvalue weighted by Gasteiger charge is -2.07. The second-order valence-electron chi connectivity index (χ2n) is 3.24. The molecule has 2 aromatic rings. The Labute approximate surface area is 92.3 Å². The maximum Gasteiger partial charge on any atom is 0.174 e. The average molecular weight is 224 g/mol. The standard InChI is InChI=1S/C9H10ClN5/c1-14(2)8-5-15(13-9(8)10)7-3-11-6-12-4-7/h3-6H,1-2H3. The van der Waals surface area contributed by atoms with Crippen LogP contribution >= 0.6 is 11.6 Å². The van der Waals surface area contributed by atoms with Gasteiger partial charge in [-0.25, -0.2) is 14.6 Å². The van der Waals surface area contributed by atoms with E-state index in [1.807, 2.05) is 25.2 Å². The van der Waals surface area contributed by atoms with E-state index in [0.29, 0.717) is 5.15 Å². The average Bonchev–Trinajstić information content (AvgIpc) is 2.62. The summed E-state index contributed by atoms with van der Waals surface area (Å²) in [5, 5.41) is 4.62. The number of aromatic nitrogens is 4. The second-order valence-corrected chi connectivity index (χ2v) is 3.60. The molecule has 0 aliphatic heterocycles. The maximum atomic E-state index is 5.98. The summed E-state index contributed by atoms with van der Waals surface area (Å²) >= 11 is 5.98. The molecule has 0 fully saturated rings. The highest BCUT2D eigenvalue weighted by Crippen LogP contribution is 2.23. The Morgan fingerprint density at radius 2 is 1.93 bits per heavy atom. The summed E-state index contributed by atoms with van der Waals surface area (Å²) in [6.45, 7) is 0. The van der Waals surface area contributed by atoms with Crippen LogP contribution in [0.25, 0.3) is 5.69 Å². The lowest BCUT2D eigenvalue weighted by atomic mass is 10.5. The van der Waals surface area contributed by atoms with Gasteiger partial charge >= 0.3 is 0 Å². The predicted molar refractivity (Wildman–Crippen MR) is 58.5 cm³/mol. The first-order valence-corrected chi connectivity index (χ1v) is 4.74. The van der Waals surface area contributed by atoms with Crippen LogP contribution in [-0.4, -0.2) is 33.8 Å². The first-order valence-electron chi connectivity index (χ1n) is 4.36. The Morgan fingerprint density at radius 1 is 1.27 bits per heavy atom. The van der Waals surface area contributed by atoms with Gasteiger partial charge in [0.05, 0.1) is 24.3 Å². The highest BCUT2D eigenvalue weighted by atomic mass is 35.5. The van der Waals surface area contributed by atoms with Crippen molar-refractivity contribution in [3.05, 3.63) is 30.1 Å². The van der Waals surface area contributed by atoms with Crippen molar-refractivity contribution in [2.45, 2.75) is 0 Å². The largest absolute Gasteiger partial charge is 0.374 e. The third-order valence-corrected chi connectivity index (χ3v) is 2.21. The molecule has 0 atom stereocenters. The minimum Gasteiger partial charge on any atom is -0.374 e. The molecule has 0 aromatic carbocycles. The summed E-state index contributed by atoms with van der Waals surface area (Å²) in [7, 11) is 3.82. The van der Waals surface area contributed by atoms with Gasteiger partial charge in [0.25, 0.3) is 0 Å². The van der Waals surface area contributed by atoms with Crippen LogP contribution in [0.4, 0.5) is 5.69 Å². The predicted octanol–water partition coefficient (Wildman–Crippen LogP) is 1.38. The highest BCUT2D eigenvalue weighted by molar-refractivity contribution is 6.32. The fraction of sp³-hybridized carbons (Fsp3) is 0.222. The molecule has 0 amide bonds. The van der Waals surface area contributed by atoms with Crippen molar-refractivity contribution < 1.29 is 0 Å². The van der Waals surface area contributed by atoms with Crippen molar-refractivity contribution in [1.29, 1.82) is 0 Å². The van der Waals surface area contributed by atoms with Crippen LogP contribution in [-0.2, 0) is 0 Å². The van der Waals surface area contributed by atoms with Crippen LogP contribution in [0.1, 0.15) is 0 Å². The zero-order valence-electron chi connectivity index (χ0n) is 8.42. The van der Waals surface area contributed by atoms with Gasteiger partial charge < -0.3 is 4.90 Å². The number of hydrogen-bond donors (Lipinski definition) is 0. The minimum atomic E-state index is 0.462. The van der Waals surface area contributed by atoms with E-state index in [1.165, 1.54) is 6.33 Å². The van der Waals surface area contributed by atoms with Gasteiger partial charge in [-0.15, -0.1) is 0 Å². The summed E-state index contributed by atoms with van der Waals surface area (Å²) in [5.41, 5.74) is 1.65. The Hall–Kier alpha value is -1.62. The van der Waals surface area contributed by atoms with E-state index in [4.69, 9.17) is 11.6 Å². The van der Waals surface area contributed by atoms with Crippen molar-refractivity contribution in [3.8, 4) is 5.69 Å². The molecule has 0 aliphatic rings. The molecule has 0 aliphatic carbocycles. The van der Waals surface area contributed by atoms with E-state index in [1.54, 1.807) is 17.1 Å². The molecular weight excluding hydrogens is 214 g/mol. The highest BCUT2D eigenvalue weighted by Gasteiger charge is 2.09. The molecule has 2 heterocycles. The maximum absolute atomic E-state index is 5.98. The van der Waals surface area contributed by atoms with E-state index < -0.39 is 0 Å². The fourth-order valence-electron chi connectivity index (χ4n) is 1.19.